The smallest absolute Gasteiger partial charge is 0.262 e. The Kier molecular flexibility index (Phi) is 3.60. The average Bonchev–Trinajstić information content (AvgIpc) is 3.05. The first kappa shape index (κ1) is 13.3. The minimum absolute atomic E-state index is 0.0422. The summed E-state index contributed by atoms with van der Waals surface area (Å²) >= 11 is 0. The van der Waals surface area contributed by atoms with Crippen molar-refractivity contribution in [2.75, 3.05) is 26.0 Å². The van der Waals surface area contributed by atoms with Gasteiger partial charge in [-0.2, -0.15) is 4.31 Å². The zero-order valence-corrected chi connectivity index (χ0v) is 11.4. The van der Waals surface area contributed by atoms with Gasteiger partial charge in [0, 0.05) is 26.7 Å². The fourth-order valence-corrected chi connectivity index (χ4v) is 3.77. The fraction of sp³-hybridized carbons (Fsp3) is 0.700. The van der Waals surface area contributed by atoms with Gasteiger partial charge in [0.25, 0.3) is 10.0 Å². The number of rotatable bonds is 6. The molecular formula is C10H18N4O3S. The molecule has 1 fully saturated rings. The van der Waals surface area contributed by atoms with E-state index in [9.17, 15) is 8.42 Å². The van der Waals surface area contributed by atoms with E-state index in [2.05, 4.69) is 4.98 Å². The Balaban J connectivity index is 2.33. The molecule has 1 aromatic heterocycles. The van der Waals surface area contributed by atoms with Gasteiger partial charge in [-0.15, -0.1) is 0 Å². The lowest BCUT2D eigenvalue weighted by atomic mass is 10.6. The van der Waals surface area contributed by atoms with Crippen molar-refractivity contribution < 1.29 is 13.2 Å². The molecule has 1 aromatic rings. The molecule has 0 aliphatic heterocycles. The third kappa shape index (κ3) is 2.36. The van der Waals surface area contributed by atoms with Crippen LogP contribution in [0.15, 0.2) is 11.4 Å². The first-order valence-electron chi connectivity index (χ1n) is 5.76. The zero-order chi connectivity index (χ0) is 13.3. The van der Waals surface area contributed by atoms with Crippen molar-refractivity contribution in [2.45, 2.75) is 23.9 Å². The van der Waals surface area contributed by atoms with E-state index in [1.807, 2.05) is 0 Å². The van der Waals surface area contributed by atoms with Gasteiger partial charge in [-0.3, -0.25) is 0 Å². The topological polar surface area (TPSA) is 90.4 Å². The van der Waals surface area contributed by atoms with Crippen molar-refractivity contribution in [1.82, 2.24) is 13.9 Å². The molecule has 0 unspecified atom stereocenters. The normalized spacial score (nSPS) is 16.4. The van der Waals surface area contributed by atoms with Gasteiger partial charge in [-0.25, -0.2) is 13.4 Å². The Morgan fingerprint density at radius 2 is 2.28 bits per heavy atom. The van der Waals surface area contributed by atoms with Crippen LogP contribution in [-0.2, 0) is 21.8 Å². The predicted octanol–water partition coefficient (Wildman–Crippen LogP) is -0.198. The maximum atomic E-state index is 12.6. The number of aromatic nitrogens is 2. The molecule has 0 radical (unpaired) electrons. The number of ether oxygens (including phenoxy) is 1. The van der Waals surface area contributed by atoms with Gasteiger partial charge in [0.05, 0.1) is 12.9 Å². The van der Waals surface area contributed by atoms with Gasteiger partial charge in [0.1, 0.15) is 0 Å². The van der Waals surface area contributed by atoms with E-state index in [0.29, 0.717) is 13.2 Å². The summed E-state index contributed by atoms with van der Waals surface area (Å²) < 4.78 is 33.0. The largest absolute Gasteiger partial charge is 0.383 e. The Morgan fingerprint density at radius 3 is 2.72 bits per heavy atom. The van der Waals surface area contributed by atoms with Gasteiger partial charge in [0.2, 0.25) is 0 Å². The SMILES string of the molecule is COCCN(C1CC1)S(=O)(=O)c1c(N)ncn1C. The van der Waals surface area contributed by atoms with Crippen LogP contribution in [0.4, 0.5) is 5.82 Å². The predicted molar refractivity (Wildman–Crippen MR) is 66.4 cm³/mol. The van der Waals surface area contributed by atoms with Crippen LogP contribution in [0.5, 0.6) is 0 Å². The number of nitrogens with two attached hydrogens (primary N) is 1. The van der Waals surface area contributed by atoms with Gasteiger partial charge >= 0.3 is 0 Å². The van der Waals surface area contributed by atoms with Crippen molar-refractivity contribution in [3.63, 3.8) is 0 Å². The molecule has 1 aliphatic carbocycles. The summed E-state index contributed by atoms with van der Waals surface area (Å²) in [5.41, 5.74) is 5.65. The van der Waals surface area contributed by atoms with Crippen molar-refractivity contribution in [2.24, 2.45) is 7.05 Å². The molecular weight excluding hydrogens is 256 g/mol. The van der Waals surface area contributed by atoms with E-state index < -0.39 is 10.0 Å². The zero-order valence-electron chi connectivity index (χ0n) is 10.5. The summed E-state index contributed by atoms with van der Waals surface area (Å²) in [6.45, 7) is 0.710. The number of imidazole rings is 1. The van der Waals surface area contributed by atoms with E-state index in [0.717, 1.165) is 12.8 Å². The van der Waals surface area contributed by atoms with Crippen molar-refractivity contribution in [3.8, 4) is 0 Å². The summed E-state index contributed by atoms with van der Waals surface area (Å²) in [7, 11) is -0.425. The maximum absolute atomic E-state index is 12.6. The van der Waals surface area contributed by atoms with Gasteiger partial charge in [-0.05, 0) is 12.8 Å². The van der Waals surface area contributed by atoms with Gasteiger partial charge in [-0.1, -0.05) is 0 Å². The number of hydrogen-bond acceptors (Lipinski definition) is 5. The molecule has 102 valence electrons. The van der Waals surface area contributed by atoms with Crippen LogP contribution in [0.1, 0.15) is 12.8 Å². The summed E-state index contributed by atoms with van der Waals surface area (Å²) in [6, 6.07) is 0.0689. The number of nitrogen functional groups attached to an aromatic ring is 1. The molecule has 0 atom stereocenters. The second kappa shape index (κ2) is 4.87. The van der Waals surface area contributed by atoms with E-state index >= 15 is 0 Å². The highest BCUT2D eigenvalue weighted by molar-refractivity contribution is 7.89. The highest BCUT2D eigenvalue weighted by Gasteiger charge is 2.40. The lowest BCUT2D eigenvalue weighted by Crippen LogP contribution is -2.37. The first-order chi connectivity index (χ1) is 8.48. The molecule has 0 spiro atoms. The number of anilines is 1. The molecule has 0 amide bonds. The fourth-order valence-electron chi connectivity index (χ4n) is 1.91. The lowest BCUT2D eigenvalue weighted by molar-refractivity contribution is 0.177. The number of nitrogens with zero attached hydrogens (tertiary/aromatic N) is 3. The van der Waals surface area contributed by atoms with Gasteiger partial charge in [0.15, 0.2) is 10.8 Å². The molecule has 7 nitrogen and oxygen atoms in total. The van der Waals surface area contributed by atoms with E-state index in [1.165, 1.54) is 15.2 Å². The standard InChI is InChI=1S/C10H18N4O3S/c1-13-7-12-9(11)10(13)18(15,16)14(5-6-17-2)8-3-4-8/h7-8H,3-6,11H2,1-2H3. The second-order valence-electron chi connectivity index (χ2n) is 4.39. The van der Waals surface area contributed by atoms with Crippen molar-refractivity contribution in [3.05, 3.63) is 6.33 Å². The monoisotopic (exact) mass is 274 g/mol. The first-order valence-corrected chi connectivity index (χ1v) is 7.20. The number of sulfonamides is 1. The molecule has 0 bridgehead atoms. The van der Waals surface area contributed by atoms with Gasteiger partial charge < -0.3 is 15.0 Å². The molecule has 0 aromatic carbocycles. The average molecular weight is 274 g/mol. The molecule has 2 rings (SSSR count). The van der Waals surface area contributed by atoms with Crippen LogP contribution in [0.3, 0.4) is 0 Å². The molecule has 2 N–H and O–H groups in total. The van der Waals surface area contributed by atoms with Crippen LogP contribution in [0.2, 0.25) is 0 Å². The molecule has 8 heteroatoms. The minimum atomic E-state index is -3.60. The summed E-state index contributed by atoms with van der Waals surface area (Å²) in [5, 5.41) is 0.0607. The highest BCUT2D eigenvalue weighted by Crippen LogP contribution is 2.32. The summed E-state index contributed by atoms with van der Waals surface area (Å²) in [6.07, 6.45) is 3.19. The Labute approximate surface area is 107 Å². The van der Waals surface area contributed by atoms with Crippen LogP contribution in [0, 0.1) is 0 Å². The lowest BCUT2D eigenvalue weighted by Gasteiger charge is -2.21. The second-order valence-corrected chi connectivity index (χ2v) is 6.19. The number of methoxy groups -OCH3 is 1. The van der Waals surface area contributed by atoms with Crippen LogP contribution >= 0.6 is 0 Å². The van der Waals surface area contributed by atoms with Crippen molar-refractivity contribution >= 4 is 15.8 Å². The highest BCUT2D eigenvalue weighted by atomic mass is 32.2. The summed E-state index contributed by atoms with van der Waals surface area (Å²) in [4.78, 5) is 3.83. The van der Waals surface area contributed by atoms with E-state index in [-0.39, 0.29) is 16.9 Å². The number of aryl methyl sites for hydroxylation is 1. The maximum Gasteiger partial charge on any atom is 0.262 e. The van der Waals surface area contributed by atoms with Crippen LogP contribution in [-0.4, -0.2) is 48.6 Å². The summed E-state index contributed by atoms with van der Waals surface area (Å²) in [5.74, 6) is 0.0422. The van der Waals surface area contributed by atoms with Crippen molar-refractivity contribution in [1.29, 1.82) is 0 Å². The molecule has 1 aliphatic rings. The molecule has 18 heavy (non-hydrogen) atoms. The number of hydrogen-bond donors (Lipinski definition) is 1. The van der Waals surface area contributed by atoms with Crippen LogP contribution < -0.4 is 5.73 Å². The Hall–Kier alpha value is -1.12. The minimum Gasteiger partial charge on any atom is -0.383 e. The Bertz CT molecular complexity index is 502. The van der Waals surface area contributed by atoms with Crippen LogP contribution in [0.25, 0.3) is 0 Å². The molecule has 0 saturated heterocycles. The van der Waals surface area contributed by atoms with E-state index in [4.69, 9.17) is 10.5 Å². The molecule has 1 saturated carbocycles. The quantitative estimate of drug-likeness (QED) is 0.776. The third-order valence-electron chi connectivity index (χ3n) is 2.93. The molecule has 1 heterocycles. The van der Waals surface area contributed by atoms with E-state index in [1.54, 1.807) is 14.2 Å². The third-order valence-corrected chi connectivity index (χ3v) is 5.02. The Morgan fingerprint density at radius 1 is 1.61 bits per heavy atom.